The zero-order valence-electron chi connectivity index (χ0n) is 15.9. The van der Waals surface area contributed by atoms with Crippen LogP contribution in [0.2, 0.25) is 0 Å². The number of ether oxygens (including phenoxy) is 1. The van der Waals surface area contributed by atoms with Crippen LogP contribution in [0.15, 0.2) is 109 Å². The van der Waals surface area contributed by atoms with Crippen LogP contribution < -0.4 is 15.9 Å². The zero-order valence-corrected chi connectivity index (χ0v) is 16.8. The summed E-state index contributed by atoms with van der Waals surface area (Å²) in [5.74, 6) is -0.222. The van der Waals surface area contributed by atoms with Crippen molar-refractivity contribution in [3.63, 3.8) is 0 Å². The van der Waals surface area contributed by atoms with E-state index in [1.807, 2.05) is 18.2 Å². The fourth-order valence-electron chi connectivity index (χ4n) is 4.16. The molecule has 3 aromatic rings. The lowest BCUT2D eigenvalue weighted by atomic mass is 9.84. The minimum absolute atomic E-state index is 0.0717. The van der Waals surface area contributed by atoms with Gasteiger partial charge in [0, 0.05) is 5.92 Å². The molecule has 1 saturated heterocycles. The maximum absolute atomic E-state index is 12.4. The molecule has 2 nitrogen and oxygen atoms in total. The second-order valence-corrected chi connectivity index (χ2v) is 9.55. The average Bonchev–Trinajstić information content (AvgIpc) is 3.13. The van der Waals surface area contributed by atoms with Crippen LogP contribution in [0, 0.1) is 11.8 Å². The number of esters is 1. The van der Waals surface area contributed by atoms with Crippen molar-refractivity contribution in [2.75, 3.05) is 0 Å². The molecule has 5 rings (SSSR count). The van der Waals surface area contributed by atoms with Crippen molar-refractivity contribution in [3.05, 3.63) is 115 Å². The lowest BCUT2D eigenvalue weighted by molar-refractivity contribution is -0.143. The summed E-state index contributed by atoms with van der Waals surface area (Å²) in [5, 5.41) is 3.89. The first kappa shape index (κ1) is 18.1. The number of carbonyl (C=O) groups is 1. The Balaban J connectivity index is 1.56. The molecule has 1 fully saturated rings. The van der Waals surface area contributed by atoms with E-state index in [0.717, 1.165) is 5.56 Å². The molecule has 29 heavy (non-hydrogen) atoms. The van der Waals surface area contributed by atoms with Crippen LogP contribution >= 0.6 is 7.92 Å². The van der Waals surface area contributed by atoms with E-state index in [1.54, 1.807) is 0 Å². The minimum atomic E-state index is -0.679. The predicted octanol–water partition coefficient (Wildman–Crippen LogP) is 4.40. The van der Waals surface area contributed by atoms with E-state index < -0.39 is 7.92 Å². The molecule has 3 heteroatoms. The summed E-state index contributed by atoms with van der Waals surface area (Å²) in [6, 6.07) is 29.9. The molecule has 0 bridgehead atoms. The van der Waals surface area contributed by atoms with Gasteiger partial charge in [0.15, 0.2) is 0 Å². The second-order valence-electron chi connectivity index (χ2n) is 7.33. The summed E-state index contributed by atoms with van der Waals surface area (Å²) < 4.78 is 5.81. The molecule has 0 N–H and O–H groups in total. The highest BCUT2D eigenvalue weighted by Crippen LogP contribution is 2.43. The van der Waals surface area contributed by atoms with Crippen LogP contribution in [0.5, 0.6) is 0 Å². The first-order valence-electron chi connectivity index (χ1n) is 9.87. The fraction of sp³-hybridized carbons (Fsp3) is 0.115. The topological polar surface area (TPSA) is 26.3 Å². The normalized spacial score (nSPS) is 22.5. The highest BCUT2D eigenvalue weighted by atomic mass is 31.1. The van der Waals surface area contributed by atoms with Crippen molar-refractivity contribution in [3.8, 4) is 0 Å². The number of rotatable bonds is 4. The van der Waals surface area contributed by atoms with E-state index in [-0.39, 0.29) is 23.9 Å². The van der Waals surface area contributed by atoms with Crippen molar-refractivity contribution in [1.82, 2.24) is 0 Å². The number of fused-ring (bicyclic) bond motifs is 1. The number of carbonyl (C=O) groups excluding carboxylic acids is 1. The number of benzene rings is 3. The van der Waals surface area contributed by atoms with E-state index in [4.69, 9.17) is 4.74 Å². The third-order valence-electron chi connectivity index (χ3n) is 5.53. The van der Waals surface area contributed by atoms with Gasteiger partial charge in [-0.1, -0.05) is 103 Å². The Kier molecular flexibility index (Phi) is 4.87. The third kappa shape index (κ3) is 3.45. The maximum atomic E-state index is 12.4. The number of allylic oxidation sites excluding steroid dienone is 2. The van der Waals surface area contributed by atoms with Gasteiger partial charge in [-0.3, -0.25) is 4.79 Å². The van der Waals surface area contributed by atoms with Crippen molar-refractivity contribution in [2.45, 2.75) is 6.10 Å². The Labute approximate surface area is 172 Å². The summed E-state index contributed by atoms with van der Waals surface area (Å²) in [5.41, 5.74) is 1.07. The summed E-state index contributed by atoms with van der Waals surface area (Å²) in [4.78, 5) is 12.4. The van der Waals surface area contributed by atoms with E-state index in [1.165, 1.54) is 15.9 Å². The Morgan fingerprint density at radius 3 is 2.00 bits per heavy atom. The molecule has 2 aliphatic rings. The molecule has 3 unspecified atom stereocenters. The summed E-state index contributed by atoms with van der Waals surface area (Å²) >= 11 is 0. The Bertz CT molecular complexity index is 1030. The highest BCUT2D eigenvalue weighted by Gasteiger charge is 2.43. The van der Waals surface area contributed by atoms with Gasteiger partial charge in [0.05, 0.1) is 5.92 Å². The van der Waals surface area contributed by atoms with Gasteiger partial charge in [-0.15, -0.1) is 0 Å². The monoisotopic (exact) mass is 396 g/mol. The standard InChI is InChI=1S/C26H21O2P/c27-26-24-17-8-7-16-23(24)25(28-26)19-10-9-15-22(18-19)29(20-11-3-1-4-12-20)21-13-5-2-6-14-21/h1-18,23-25H. The van der Waals surface area contributed by atoms with Gasteiger partial charge in [0.1, 0.15) is 6.10 Å². The van der Waals surface area contributed by atoms with Crippen molar-refractivity contribution in [1.29, 1.82) is 0 Å². The van der Waals surface area contributed by atoms with Crippen LogP contribution in [-0.2, 0) is 9.53 Å². The van der Waals surface area contributed by atoms with Gasteiger partial charge in [0.2, 0.25) is 0 Å². The zero-order chi connectivity index (χ0) is 19.6. The second kappa shape index (κ2) is 7.81. The Morgan fingerprint density at radius 2 is 1.31 bits per heavy atom. The third-order valence-corrected chi connectivity index (χ3v) is 7.95. The highest BCUT2D eigenvalue weighted by molar-refractivity contribution is 7.79. The first-order chi connectivity index (χ1) is 14.3. The van der Waals surface area contributed by atoms with Gasteiger partial charge in [-0.05, 0) is 35.5 Å². The molecule has 3 aromatic carbocycles. The Hall–Kier alpha value is -2.96. The molecule has 3 atom stereocenters. The molecule has 142 valence electrons. The van der Waals surface area contributed by atoms with E-state index >= 15 is 0 Å². The molecule has 0 saturated carbocycles. The minimum Gasteiger partial charge on any atom is -0.456 e. The lowest BCUT2D eigenvalue weighted by Crippen LogP contribution is -2.21. The van der Waals surface area contributed by atoms with Gasteiger partial charge >= 0.3 is 5.97 Å². The molecule has 1 aliphatic heterocycles. The van der Waals surface area contributed by atoms with Gasteiger partial charge in [-0.2, -0.15) is 0 Å². The fourth-order valence-corrected chi connectivity index (χ4v) is 6.51. The molecule has 1 heterocycles. The summed E-state index contributed by atoms with van der Waals surface area (Å²) in [7, 11) is -0.679. The smallest absolute Gasteiger partial charge is 0.314 e. The quantitative estimate of drug-likeness (QED) is 0.483. The van der Waals surface area contributed by atoms with Crippen molar-refractivity contribution >= 4 is 29.8 Å². The average molecular weight is 396 g/mol. The molecule has 0 aromatic heterocycles. The van der Waals surface area contributed by atoms with E-state index in [2.05, 4.69) is 91.0 Å². The van der Waals surface area contributed by atoms with Crippen molar-refractivity contribution in [2.24, 2.45) is 11.8 Å². The molecule has 0 amide bonds. The largest absolute Gasteiger partial charge is 0.456 e. The van der Waals surface area contributed by atoms with Gasteiger partial charge < -0.3 is 4.74 Å². The maximum Gasteiger partial charge on any atom is 0.314 e. The van der Waals surface area contributed by atoms with Crippen LogP contribution in [0.25, 0.3) is 0 Å². The molecule has 1 aliphatic carbocycles. The van der Waals surface area contributed by atoms with Crippen molar-refractivity contribution < 1.29 is 9.53 Å². The number of hydrogen-bond acceptors (Lipinski definition) is 2. The molecular weight excluding hydrogens is 375 g/mol. The van der Waals surface area contributed by atoms with Gasteiger partial charge in [0.25, 0.3) is 0 Å². The van der Waals surface area contributed by atoms with Gasteiger partial charge in [-0.25, -0.2) is 0 Å². The summed E-state index contributed by atoms with van der Waals surface area (Å²) in [6.07, 6.45) is 7.78. The van der Waals surface area contributed by atoms with E-state index in [0.29, 0.717) is 0 Å². The Morgan fingerprint density at radius 1 is 0.690 bits per heavy atom. The van der Waals surface area contributed by atoms with Crippen LogP contribution in [0.1, 0.15) is 11.7 Å². The molecular formula is C26H21O2P. The molecule has 0 radical (unpaired) electrons. The lowest BCUT2D eigenvalue weighted by Gasteiger charge is -2.22. The first-order valence-corrected chi connectivity index (χ1v) is 11.2. The van der Waals surface area contributed by atoms with E-state index in [9.17, 15) is 4.79 Å². The van der Waals surface area contributed by atoms with Crippen LogP contribution in [-0.4, -0.2) is 5.97 Å². The SMILES string of the molecule is O=C1OC(c2cccc(P(c3ccccc3)c3ccccc3)c2)C2C=CC=CC12. The number of cyclic esters (lactones) is 1. The van der Waals surface area contributed by atoms with Crippen LogP contribution in [0.3, 0.4) is 0 Å². The molecule has 0 spiro atoms. The van der Waals surface area contributed by atoms with Crippen LogP contribution in [0.4, 0.5) is 0 Å². The predicted molar refractivity (Wildman–Crippen MR) is 119 cm³/mol. The number of hydrogen-bond donors (Lipinski definition) is 0. The summed E-state index contributed by atoms with van der Waals surface area (Å²) in [6.45, 7) is 0.